The van der Waals surface area contributed by atoms with Gasteiger partial charge in [-0.25, -0.2) is 0 Å². The van der Waals surface area contributed by atoms with E-state index in [1.54, 1.807) is 0 Å². The number of aromatic nitrogens is 2. The van der Waals surface area contributed by atoms with Gasteiger partial charge in [0.2, 0.25) is 0 Å². The topological polar surface area (TPSA) is 37.8 Å². The van der Waals surface area contributed by atoms with Crippen molar-refractivity contribution >= 4 is 0 Å². The summed E-state index contributed by atoms with van der Waals surface area (Å²) in [5.41, 5.74) is 3.55. The Morgan fingerprint density at radius 2 is 1.85 bits per heavy atom. The molecule has 1 aliphatic carbocycles. The molecular formula is C17H29N3. The summed E-state index contributed by atoms with van der Waals surface area (Å²) < 4.78 is 0. The smallest absolute Gasteiger partial charge is 0.0676 e. The molecule has 1 N–H and O–H groups in total. The number of hydrogen-bond donors (Lipinski definition) is 1. The van der Waals surface area contributed by atoms with E-state index in [4.69, 9.17) is 0 Å². The van der Waals surface area contributed by atoms with Crippen LogP contribution < -0.4 is 5.32 Å². The van der Waals surface area contributed by atoms with Crippen molar-refractivity contribution in [1.82, 2.24) is 15.5 Å². The van der Waals surface area contributed by atoms with Crippen LogP contribution in [0, 0.1) is 24.7 Å². The fourth-order valence-corrected chi connectivity index (χ4v) is 4.00. The molecular weight excluding hydrogens is 246 g/mol. The van der Waals surface area contributed by atoms with Gasteiger partial charge in [0.15, 0.2) is 0 Å². The lowest BCUT2D eigenvalue weighted by Crippen LogP contribution is -2.32. The molecule has 0 amide bonds. The summed E-state index contributed by atoms with van der Waals surface area (Å²) in [6.07, 6.45) is 4.97. The summed E-state index contributed by atoms with van der Waals surface area (Å²) in [6, 6.07) is 2.65. The van der Waals surface area contributed by atoms with Crippen molar-refractivity contribution in [3.05, 3.63) is 23.0 Å². The second kappa shape index (κ2) is 6.66. The average molecular weight is 275 g/mol. The lowest BCUT2D eigenvalue weighted by atomic mass is 9.72. The van der Waals surface area contributed by atoms with Crippen LogP contribution >= 0.6 is 0 Å². The van der Waals surface area contributed by atoms with Gasteiger partial charge in [0.05, 0.1) is 11.4 Å². The first-order valence-electron chi connectivity index (χ1n) is 8.05. The minimum Gasteiger partial charge on any atom is -0.313 e. The normalized spacial score (nSPS) is 28.4. The van der Waals surface area contributed by atoms with Crippen molar-refractivity contribution in [1.29, 1.82) is 0 Å². The molecule has 112 valence electrons. The second-order valence-electron chi connectivity index (χ2n) is 6.69. The molecule has 0 spiro atoms. The first-order valence-corrected chi connectivity index (χ1v) is 8.05. The molecule has 1 heterocycles. The molecule has 3 atom stereocenters. The van der Waals surface area contributed by atoms with E-state index in [-0.39, 0.29) is 0 Å². The van der Waals surface area contributed by atoms with Crippen molar-refractivity contribution in [3.63, 3.8) is 0 Å². The Bertz CT molecular complexity index is 434. The molecule has 1 saturated carbocycles. The van der Waals surface area contributed by atoms with Gasteiger partial charge >= 0.3 is 0 Å². The SMILES string of the molecule is CCc1nnc(C)cc1C(NC)C1CC(C)CC(C)C1. The molecule has 1 aromatic heterocycles. The molecule has 3 heteroatoms. The van der Waals surface area contributed by atoms with Gasteiger partial charge in [0.25, 0.3) is 0 Å². The highest BCUT2D eigenvalue weighted by Crippen LogP contribution is 2.40. The molecule has 0 saturated heterocycles. The van der Waals surface area contributed by atoms with Gasteiger partial charge in [-0.05, 0) is 69.0 Å². The highest BCUT2D eigenvalue weighted by molar-refractivity contribution is 5.25. The van der Waals surface area contributed by atoms with Crippen LogP contribution in [0.2, 0.25) is 0 Å². The fraction of sp³-hybridized carbons (Fsp3) is 0.765. The quantitative estimate of drug-likeness (QED) is 0.911. The zero-order valence-corrected chi connectivity index (χ0v) is 13.6. The van der Waals surface area contributed by atoms with Crippen LogP contribution in [0.5, 0.6) is 0 Å². The van der Waals surface area contributed by atoms with E-state index in [0.717, 1.165) is 29.6 Å². The number of hydrogen-bond acceptors (Lipinski definition) is 3. The summed E-state index contributed by atoms with van der Waals surface area (Å²) in [7, 11) is 2.09. The molecule has 0 aliphatic heterocycles. The summed E-state index contributed by atoms with van der Waals surface area (Å²) in [5.74, 6) is 2.38. The van der Waals surface area contributed by atoms with Gasteiger partial charge in [0.1, 0.15) is 0 Å². The zero-order valence-electron chi connectivity index (χ0n) is 13.6. The van der Waals surface area contributed by atoms with Crippen LogP contribution in [0.25, 0.3) is 0 Å². The molecule has 20 heavy (non-hydrogen) atoms. The molecule has 3 unspecified atom stereocenters. The van der Waals surface area contributed by atoms with Crippen LogP contribution in [0.15, 0.2) is 6.07 Å². The first-order chi connectivity index (χ1) is 9.55. The molecule has 0 radical (unpaired) electrons. The standard InChI is InChI=1S/C17H29N3/c1-6-16-15(10-13(4)19-20-16)17(18-5)14-8-11(2)7-12(3)9-14/h10-12,14,17-18H,6-9H2,1-5H3. The molecule has 2 rings (SSSR count). The van der Waals surface area contributed by atoms with Crippen LogP contribution in [0.4, 0.5) is 0 Å². The molecule has 1 aromatic rings. The summed E-state index contributed by atoms with van der Waals surface area (Å²) >= 11 is 0. The van der Waals surface area contributed by atoms with Crippen molar-refractivity contribution in [3.8, 4) is 0 Å². The number of rotatable bonds is 4. The number of nitrogens with zero attached hydrogens (tertiary/aromatic N) is 2. The van der Waals surface area contributed by atoms with Crippen LogP contribution in [-0.2, 0) is 6.42 Å². The van der Waals surface area contributed by atoms with Crippen molar-refractivity contribution in [2.45, 2.75) is 59.4 Å². The molecule has 3 nitrogen and oxygen atoms in total. The summed E-state index contributed by atoms with van der Waals surface area (Å²) in [5, 5.41) is 12.2. The minimum atomic E-state index is 0.421. The molecule has 1 fully saturated rings. The maximum Gasteiger partial charge on any atom is 0.0676 e. The number of aryl methyl sites for hydroxylation is 2. The van der Waals surface area contributed by atoms with Crippen LogP contribution in [-0.4, -0.2) is 17.2 Å². The lowest BCUT2D eigenvalue weighted by molar-refractivity contribution is 0.180. The largest absolute Gasteiger partial charge is 0.313 e. The third-order valence-corrected chi connectivity index (χ3v) is 4.69. The Hall–Kier alpha value is -0.960. The maximum atomic E-state index is 4.41. The van der Waals surface area contributed by atoms with Crippen LogP contribution in [0.3, 0.4) is 0 Å². The number of nitrogens with one attached hydrogen (secondary N) is 1. The third kappa shape index (κ3) is 3.38. The van der Waals surface area contributed by atoms with E-state index in [2.05, 4.69) is 49.4 Å². The van der Waals surface area contributed by atoms with Crippen LogP contribution in [0.1, 0.15) is 63.0 Å². The fourth-order valence-electron chi connectivity index (χ4n) is 4.00. The highest BCUT2D eigenvalue weighted by Gasteiger charge is 2.31. The zero-order chi connectivity index (χ0) is 14.7. The summed E-state index contributed by atoms with van der Waals surface area (Å²) in [6.45, 7) is 8.99. The van der Waals surface area contributed by atoms with Crippen molar-refractivity contribution in [2.75, 3.05) is 7.05 Å². The van der Waals surface area contributed by atoms with E-state index in [0.29, 0.717) is 12.0 Å². The van der Waals surface area contributed by atoms with Gasteiger partial charge in [-0.3, -0.25) is 0 Å². The van der Waals surface area contributed by atoms with Gasteiger partial charge in [0, 0.05) is 6.04 Å². The third-order valence-electron chi connectivity index (χ3n) is 4.69. The molecule has 0 bridgehead atoms. The minimum absolute atomic E-state index is 0.421. The first kappa shape index (κ1) is 15.4. The summed E-state index contributed by atoms with van der Waals surface area (Å²) in [4.78, 5) is 0. The Morgan fingerprint density at radius 3 is 2.40 bits per heavy atom. The van der Waals surface area contributed by atoms with E-state index >= 15 is 0 Å². The van der Waals surface area contributed by atoms with E-state index < -0.39 is 0 Å². The van der Waals surface area contributed by atoms with Gasteiger partial charge in [-0.15, -0.1) is 0 Å². The van der Waals surface area contributed by atoms with Gasteiger partial charge in [-0.2, -0.15) is 10.2 Å². The predicted molar refractivity (Wildman–Crippen MR) is 83.6 cm³/mol. The Morgan fingerprint density at radius 1 is 1.20 bits per heavy atom. The Balaban J connectivity index is 2.29. The van der Waals surface area contributed by atoms with Gasteiger partial charge in [-0.1, -0.05) is 20.8 Å². The predicted octanol–water partition coefficient (Wildman–Crippen LogP) is 3.68. The van der Waals surface area contributed by atoms with Gasteiger partial charge < -0.3 is 5.32 Å². The van der Waals surface area contributed by atoms with Crippen molar-refractivity contribution < 1.29 is 0 Å². The maximum absolute atomic E-state index is 4.41. The lowest BCUT2D eigenvalue weighted by Gasteiger charge is -2.37. The highest BCUT2D eigenvalue weighted by atomic mass is 15.1. The second-order valence-corrected chi connectivity index (χ2v) is 6.69. The van der Waals surface area contributed by atoms with Crippen molar-refractivity contribution in [2.24, 2.45) is 17.8 Å². The monoisotopic (exact) mass is 275 g/mol. The molecule has 1 aliphatic rings. The Labute approximate surface area is 123 Å². The molecule has 0 aromatic carbocycles. The van der Waals surface area contributed by atoms with E-state index in [1.165, 1.54) is 24.8 Å². The van der Waals surface area contributed by atoms with E-state index in [1.807, 2.05) is 6.92 Å². The van der Waals surface area contributed by atoms with E-state index in [9.17, 15) is 0 Å². The average Bonchev–Trinajstić information content (AvgIpc) is 2.39. The Kier molecular flexibility index (Phi) is 5.14.